The van der Waals surface area contributed by atoms with E-state index >= 15 is 0 Å². The summed E-state index contributed by atoms with van der Waals surface area (Å²) in [7, 11) is 0. The maximum atomic E-state index is 4.06. The van der Waals surface area contributed by atoms with Gasteiger partial charge in [-0.25, -0.2) is 4.98 Å². The van der Waals surface area contributed by atoms with E-state index in [-0.39, 0.29) is 12.4 Å². The van der Waals surface area contributed by atoms with Crippen LogP contribution in [0.15, 0.2) is 41.4 Å². The molecule has 0 unspecified atom stereocenters. The van der Waals surface area contributed by atoms with E-state index in [0.29, 0.717) is 0 Å². The third kappa shape index (κ3) is 2.90. The van der Waals surface area contributed by atoms with Gasteiger partial charge in [0.1, 0.15) is 5.03 Å². The molecule has 1 nitrogen and oxygen atoms in total. The Morgan fingerprint density at radius 3 is 2.80 bits per heavy atom. The predicted octanol–water partition coefficient (Wildman–Crippen LogP) is 2.74. The van der Waals surface area contributed by atoms with Gasteiger partial charge in [0.25, 0.3) is 0 Å². The van der Waals surface area contributed by atoms with Gasteiger partial charge in [0.2, 0.25) is 0 Å². The van der Waals surface area contributed by atoms with Gasteiger partial charge < -0.3 is 0 Å². The van der Waals surface area contributed by atoms with E-state index in [1.165, 1.54) is 11.8 Å². The van der Waals surface area contributed by atoms with Crippen molar-refractivity contribution in [3.05, 3.63) is 36.4 Å². The van der Waals surface area contributed by atoms with E-state index in [1.54, 1.807) is 11.6 Å². The first-order valence-corrected chi connectivity index (χ1v) is 3.50. The molecular formula is C7H8ClNS. The van der Waals surface area contributed by atoms with Gasteiger partial charge >= 0.3 is 0 Å². The lowest BCUT2D eigenvalue weighted by molar-refractivity contribution is 1.14. The third-order valence-electron chi connectivity index (χ3n) is 0.842. The van der Waals surface area contributed by atoms with Crippen LogP contribution >= 0.6 is 24.2 Å². The zero-order valence-electron chi connectivity index (χ0n) is 5.36. The fraction of sp³-hybridized carbons (Fsp3) is 0. The summed E-state index contributed by atoms with van der Waals surface area (Å²) in [5, 5.41) is 2.76. The van der Waals surface area contributed by atoms with Gasteiger partial charge in [-0.05, 0) is 17.5 Å². The average molecular weight is 174 g/mol. The lowest BCUT2D eigenvalue weighted by Crippen LogP contribution is -1.71. The van der Waals surface area contributed by atoms with E-state index < -0.39 is 0 Å². The summed E-state index contributed by atoms with van der Waals surface area (Å²) in [5.41, 5.74) is 0. The highest BCUT2D eigenvalue weighted by atomic mass is 35.5. The molecule has 0 aliphatic rings. The van der Waals surface area contributed by atoms with Crippen molar-refractivity contribution in [3.63, 3.8) is 0 Å². The van der Waals surface area contributed by atoms with E-state index in [0.717, 1.165) is 5.03 Å². The van der Waals surface area contributed by atoms with Gasteiger partial charge in [0, 0.05) is 6.20 Å². The van der Waals surface area contributed by atoms with Crippen molar-refractivity contribution < 1.29 is 0 Å². The molecule has 0 aliphatic heterocycles. The average Bonchev–Trinajstić information content (AvgIpc) is 1.91. The van der Waals surface area contributed by atoms with Gasteiger partial charge in [0.05, 0.1) is 0 Å². The van der Waals surface area contributed by atoms with Crippen LogP contribution in [-0.2, 0) is 0 Å². The third-order valence-corrected chi connectivity index (χ3v) is 1.49. The molecule has 0 N–H and O–H groups in total. The second kappa shape index (κ2) is 5.33. The molecule has 10 heavy (non-hydrogen) atoms. The fourth-order valence-corrected chi connectivity index (χ4v) is 0.952. The Kier molecular flexibility index (Phi) is 5.08. The molecule has 1 heterocycles. The van der Waals surface area contributed by atoms with Crippen molar-refractivity contribution in [1.82, 2.24) is 4.98 Å². The molecule has 0 aliphatic carbocycles. The molecule has 0 saturated heterocycles. The SMILES string of the molecule is C=CSc1ccccn1.Cl. The first-order valence-electron chi connectivity index (χ1n) is 2.62. The van der Waals surface area contributed by atoms with Crippen molar-refractivity contribution in [1.29, 1.82) is 0 Å². The minimum Gasteiger partial charge on any atom is -0.250 e. The maximum absolute atomic E-state index is 4.06. The van der Waals surface area contributed by atoms with Crippen molar-refractivity contribution in [2.75, 3.05) is 0 Å². The molecule has 0 spiro atoms. The standard InChI is InChI=1S/C7H7NS.ClH/c1-2-9-7-5-3-4-6-8-7;/h2-6H,1H2;1H. The molecule has 0 aromatic carbocycles. The van der Waals surface area contributed by atoms with Crippen molar-refractivity contribution >= 4 is 24.2 Å². The molecule has 1 rings (SSSR count). The number of nitrogens with zero attached hydrogens (tertiary/aromatic N) is 1. The molecule has 0 bridgehead atoms. The summed E-state index contributed by atoms with van der Waals surface area (Å²) < 4.78 is 0. The van der Waals surface area contributed by atoms with E-state index in [9.17, 15) is 0 Å². The molecule has 0 fully saturated rings. The Morgan fingerprint density at radius 1 is 1.50 bits per heavy atom. The predicted molar refractivity (Wildman–Crippen MR) is 47.5 cm³/mol. The minimum absolute atomic E-state index is 0. The molecule has 0 atom stereocenters. The number of hydrogen-bond donors (Lipinski definition) is 0. The van der Waals surface area contributed by atoms with Gasteiger partial charge in [-0.2, -0.15) is 0 Å². The molecule has 3 heteroatoms. The van der Waals surface area contributed by atoms with Crippen molar-refractivity contribution in [2.45, 2.75) is 5.03 Å². The Hall–Kier alpha value is -0.470. The summed E-state index contributed by atoms with van der Waals surface area (Å²) in [6.07, 6.45) is 1.77. The zero-order chi connectivity index (χ0) is 6.53. The number of pyridine rings is 1. The lowest BCUT2D eigenvalue weighted by Gasteiger charge is -1.89. The largest absolute Gasteiger partial charge is 0.250 e. The second-order valence-corrected chi connectivity index (χ2v) is 2.44. The van der Waals surface area contributed by atoms with E-state index in [1.807, 2.05) is 18.2 Å². The Labute approximate surface area is 71.0 Å². The number of thioether (sulfide) groups is 1. The monoisotopic (exact) mass is 173 g/mol. The summed E-state index contributed by atoms with van der Waals surface area (Å²) in [5.74, 6) is 0. The van der Waals surface area contributed by atoms with Crippen LogP contribution in [0.5, 0.6) is 0 Å². The van der Waals surface area contributed by atoms with Crippen LogP contribution < -0.4 is 0 Å². The topological polar surface area (TPSA) is 12.9 Å². The van der Waals surface area contributed by atoms with Crippen LogP contribution in [-0.4, -0.2) is 4.98 Å². The van der Waals surface area contributed by atoms with E-state index in [2.05, 4.69) is 11.6 Å². The highest BCUT2D eigenvalue weighted by Crippen LogP contribution is 2.12. The van der Waals surface area contributed by atoms with Crippen molar-refractivity contribution in [3.8, 4) is 0 Å². The summed E-state index contributed by atoms with van der Waals surface area (Å²) in [6, 6.07) is 5.80. The van der Waals surface area contributed by atoms with Crippen molar-refractivity contribution in [2.24, 2.45) is 0 Å². The maximum Gasteiger partial charge on any atom is 0.100 e. The summed E-state index contributed by atoms with van der Waals surface area (Å²) in [4.78, 5) is 4.06. The highest BCUT2D eigenvalue weighted by Gasteiger charge is 1.84. The number of rotatable bonds is 2. The van der Waals surface area contributed by atoms with Gasteiger partial charge in [-0.1, -0.05) is 24.4 Å². The highest BCUT2D eigenvalue weighted by molar-refractivity contribution is 8.02. The Bertz CT molecular complexity index is 188. The zero-order valence-corrected chi connectivity index (χ0v) is 6.99. The molecule has 1 aromatic rings. The van der Waals surface area contributed by atoms with Crippen LogP contribution in [0, 0.1) is 0 Å². The fourth-order valence-electron chi connectivity index (χ4n) is 0.502. The first-order chi connectivity index (χ1) is 4.43. The van der Waals surface area contributed by atoms with Crippen LogP contribution in [0.2, 0.25) is 0 Å². The van der Waals surface area contributed by atoms with Gasteiger partial charge in [-0.15, -0.1) is 12.4 Å². The quantitative estimate of drug-likeness (QED) is 0.638. The molecule has 1 aromatic heterocycles. The lowest BCUT2D eigenvalue weighted by atomic mass is 10.5. The molecule has 54 valence electrons. The van der Waals surface area contributed by atoms with Crippen LogP contribution in [0.4, 0.5) is 0 Å². The Balaban J connectivity index is 0.000000810. The van der Waals surface area contributed by atoms with Crippen LogP contribution in [0.25, 0.3) is 0 Å². The van der Waals surface area contributed by atoms with Gasteiger partial charge in [0.15, 0.2) is 0 Å². The Morgan fingerprint density at radius 2 is 2.30 bits per heavy atom. The summed E-state index contributed by atoms with van der Waals surface area (Å²) in [6.45, 7) is 3.58. The van der Waals surface area contributed by atoms with Crippen LogP contribution in [0.1, 0.15) is 0 Å². The van der Waals surface area contributed by atoms with Gasteiger partial charge in [-0.3, -0.25) is 0 Å². The second-order valence-electron chi connectivity index (χ2n) is 1.45. The minimum atomic E-state index is 0. The van der Waals surface area contributed by atoms with Crippen LogP contribution in [0.3, 0.4) is 0 Å². The molecule has 0 radical (unpaired) electrons. The number of aromatic nitrogens is 1. The summed E-state index contributed by atoms with van der Waals surface area (Å²) >= 11 is 1.53. The normalized spacial score (nSPS) is 8.00. The molecule has 0 amide bonds. The number of hydrogen-bond acceptors (Lipinski definition) is 2. The molecular weight excluding hydrogens is 166 g/mol. The number of halogens is 1. The van der Waals surface area contributed by atoms with E-state index in [4.69, 9.17) is 0 Å². The molecule has 0 saturated carbocycles. The first kappa shape index (κ1) is 9.53. The smallest absolute Gasteiger partial charge is 0.100 e.